The number of nitrogens with zero attached hydrogens (tertiary/aromatic N) is 2. The zero-order valence-corrected chi connectivity index (χ0v) is 11.9. The standard InChI is InChI=1S/C13H15F4N3O3/c14-11(15)13(16,17)7-23-10-5-8(1-3-18-10)19-12(22)20-4-2-9(21)6-20/h1,3,5,9,11,21H,2,4,6-7H2,(H,18,19,22)/t9-/m1/s1. The molecule has 1 saturated heterocycles. The van der Waals surface area contributed by atoms with Crippen LogP contribution in [0, 0.1) is 0 Å². The molecule has 0 radical (unpaired) electrons. The van der Waals surface area contributed by atoms with Gasteiger partial charge in [0.15, 0.2) is 6.61 Å². The quantitative estimate of drug-likeness (QED) is 0.806. The van der Waals surface area contributed by atoms with E-state index in [-0.39, 0.29) is 18.1 Å². The highest BCUT2D eigenvalue weighted by molar-refractivity contribution is 5.89. The van der Waals surface area contributed by atoms with Crippen molar-refractivity contribution in [2.24, 2.45) is 0 Å². The Morgan fingerprint density at radius 3 is 2.91 bits per heavy atom. The number of amides is 2. The van der Waals surface area contributed by atoms with Crippen molar-refractivity contribution in [1.82, 2.24) is 9.88 Å². The van der Waals surface area contributed by atoms with Crippen molar-refractivity contribution >= 4 is 11.7 Å². The number of halogens is 4. The number of aromatic nitrogens is 1. The maximum absolute atomic E-state index is 12.8. The van der Waals surface area contributed by atoms with Gasteiger partial charge in [0.25, 0.3) is 0 Å². The van der Waals surface area contributed by atoms with Crippen molar-refractivity contribution in [2.75, 3.05) is 25.0 Å². The molecule has 10 heteroatoms. The van der Waals surface area contributed by atoms with E-state index in [2.05, 4.69) is 15.0 Å². The fraction of sp³-hybridized carbons (Fsp3) is 0.538. The van der Waals surface area contributed by atoms with Crippen LogP contribution in [0.25, 0.3) is 0 Å². The zero-order chi connectivity index (χ0) is 17.0. The molecular weight excluding hydrogens is 322 g/mol. The average molecular weight is 337 g/mol. The van der Waals surface area contributed by atoms with E-state index in [1.165, 1.54) is 17.2 Å². The Morgan fingerprint density at radius 2 is 2.30 bits per heavy atom. The van der Waals surface area contributed by atoms with Gasteiger partial charge in [-0.05, 0) is 12.5 Å². The normalized spacial score (nSPS) is 18.3. The molecule has 0 saturated carbocycles. The van der Waals surface area contributed by atoms with Gasteiger partial charge in [-0.15, -0.1) is 0 Å². The molecule has 1 aromatic rings. The summed E-state index contributed by atoms with van der Waals surface area (Å²) in [5.41, 5.74) is 0.210. The van der Waals surface area contributed by atoms with Crippen LogP contribution in [0.2, 0.25) is 0 Å². The molecule has 1 aliphatic heterocycles. The number of carbonyl (C=O) groups is 1. The Labute approximate surface area is 129 Å². The summed E-state index contributed by atoms with van der Waals surface area (Å²) >= 11 is 0. The summed E-state index contributed by atoms with van der Waals surface area (Å²) in [6.07, 6.45) is -2.76. The predicted octanol–water partition coefficient (Wildman–Crippen LogP) is 1.96. The summed E-state index contributed by atoms with van der Waals surface area (Å²) in [5.74, 6) is -4.60. The van der Waals surface area contributed by atoms with Gasteiger partial charge in [0, 0.05) is 31.0 Å². The Hall–Kier alpha value is -2.10. The molecular formula is C13H15F4N3O3. The van der Waals surface area contributed by atoms with Crippen LogP contribution in [-0.4, -0.2) is 59.2 Å². The summed E-state index contributed by atoms with van der Waals surface area (Å²) in [7, 11) is 0. The number of likely N-dealkylation sites (tertiary alicyclic amines) is 1. The highest BCUT2D eigenvalue weighted by atomic mass is 19.3. The number of carbonyl (C=O) groups excluding carboxylic acids is 1. The Kier molecular flexibility index (Phi) is 5.24. The van der Waals surface area contributed by atoms with Crippen LogP contribution in [0.15, 0.2) is 18.3 Å². The number of urea groups is 1. The maximum atomic E-state index is 12.8. The number of hydrogen-bond donors (Lipinski definition) is 2. The van der Waals surface area contributed by atoms with Crippen molar-refractivity contribution in [3.8, 4) is 5.88 Å². The minimum Gasteiger partial charge on any atom is -0.471 e. The van der Waals surface area contributed by atoms with E-state index >= 15 is 0 Å². The number of β-amino-alcohol motifs (C(OH)–C–C–N with tert-alkyl or cyclic N) is 1. The fourth-order valence-electron chi connectivity index (χ4n) is 1.93. The Morgan fingerprint density at radius 1 is 1.57 bits per heavy atom. The molecule has 2 N–H and O–H groups in total. The average Bonchev–Trinajstić information content (AvgIpc) is 2.92. The molecule has 0 aromatic carbocycles. The van der Waals surface area contributed by atoms with E-state index in [4.69, 9.17) is 0 Å². The third-order valence-electron chi connectivity index (χ3n) is 3.17. The van der Waals surface area contributed by atoms with Crippen molar-refractivity contribution in [3.05, 3.63) is 18.3 Å². The van der Waals surface area contributed by atoms with Gasteiger partial charge in [-0.3, -0.25) is 0 Å². The maximum Gasteiger partial charge on any atom is 0.340 e. The minimum absolute atomic E-state index is 0.195. The van der Waals surface area contributed by atoms with Gasteiger partial charge in [0.05, 0.1) is 6.10 Å². The van der Waals surface area contributed by atoms with Crippen molar-refractivity contribution < 1.29 is 32.2 Å². The number of ether oxygens (including phenoxy) is 1. The number of hydrogen-bond acceptors (Lipinski definition) is 4. The highest BCUT2D eigenvalue weighted by Crippen LogP contribution is 2.24. The molecule has 1 aliphatic rings. The smallest absolute Gasteiger partial charge is 0.340 e. The molecule has 6 nitrogen and oxygen atoms in total. The summed E-state index contributed by atoms with van der Waals surface area (Å²) < 4.78 is 54.2. The molecule has 0 bridgehead atoms. The topological polar surface area (TPSA) is 74.7 Å². The molecule has 0 aliphatic carbocycles. The second kappa shape index (κ2) is 6.99. The largest absolute Gasteiger partial charge is 0.471 e. The molecule has 0 unspecified atom stereocenters. The number of pyridine rings is 1. The van der Waals surface area contributed by atoms with Crippen molar-refractivity contribution in [3.63, 3.8) is 0 Å². The van der Waals surface area contributed by atoms with Crippen LogP contribution in [0.1, 0.15) is 6.42 Å². The van der Waals surface area contributed by atoms with Crippen LogP contribution in [0.5, 0.6) is 5.88 Å². The first-order valence-corrected chi connectivity index (χ1v) is 6.77. The van der Waals surface area contributed by atoms with Gasteiger partial charge in [-0.25, -0.2) is 18.6 Å². The van der Waals surface area contributed by atoms with Gasteiger partial charge in [-0.1, -0.05) is 0 Å². The third-order valence-corrected chi connectivity index (χ3v) is 3.17. The molecule has 2 rings (SSSR count). The van der Waals surface area contributed by atoms with Crippen molar-refractivity contribution in [1.29, 1.82) is 0 Å². The van der Waals surface area contributed by atoms with Crippen LogP contribution in [-0.2, 0) is 0 Å². The molecule has 1 fully saturated rings. The van der Waals surface area contributed by atoms with Crippen LogP contribution in [0.3, 0.4) is 0 Å². The van der Waals surface area contributed by atoms with Gasteiger partial charge in [0.1, 0.15) is 0 Å². The van der Waals surface area contributed by atoms with E-state index < -0.39 is 31.1 Å². The summed E-state index contributed by atoms with van der Waals surface area (Å²) in [6, 6.07) is 2.06. The molecule has 0 spiro atoms. The number of anilines is 1. The first kappa shape index (κ1) is 17.3. The summed E-state index contributed by atoms with van der Waals surface area (Å²) in [5, 5.41) is 11.9. The van der Waals surface area contributed by atoms with Gasteiger partial charge >= 0.3 is 18.4 Å². The third kappa shape index (κ3) is 4.68. The van der Waals surface area contributed by atoms with E-state index in [9.17, 15) is 27.5 Å². The van der Waals surface area contributed by atoms with Crippen LogP contribution < -0.4 is 10.1 Å². The van der Waals surface area contributed by atoms with Gasteiger partial charge in [0.2, 0.25) is 5.88 Å². The van der Waals surface area contributed by atoms with Gasteiger partial charge < -0.3 is 20.1 Å². The Balaban J connectivity index is 1.93. The molecule has 2 amide bonds. The lowest BCUT2D eigenvalue weighted by Gasteiger charge is -2.17. The fourth-order valence-corrected chi connectivity index (χ4v) is 1.93. The lowest BCUT2D eigenvalue weighted by Crippen LogP contribution is -2.34. The zero-order valence-electron chi connectivity index (χ0n) is 11.9. The number of rotatable bonds is 5. The monoisotopic (exact) mass is 337 g/mol. The highest BCUT2D eigenvalue weighted by Gasteiger charge is 2.41. The minimum atomic E-state index is -4.29. The van der Waals surface area contributed by atoms with Crippen molar-refractivity contribution in [2.45, 2.75) is 24.9 Å². The second-order valence-corrected chi connectivity index (χ2v) is 5.05. The predicted molar refractivity (Wildman–Crippen MR) is 71.9 cm³/mol. The van der Waals surface area contributed by atoms with E-state index in [1.54, 1.807) is 0 Å². The summed E-state index contributed by atoms with van der Waals surface area (Å²) in [4.78, 5) is 16.9. The van der Waals surface area contributed by atoms with Crippen LogP contribution >= 0.6 is 0 Å². The molecule has 1 aromatic heterocycles. The SMILES string of the molecule is O=C(Nc1ccnc(OCC(F)(F)C(F)F)c1)N1CC[C@@H](O)C1. The van der Waals surface area contributed by atoms with E-state index in [0.717, 1.165) is 6.07 Å². The van der Waals surface area contributed by atoms with E-state index in [1.807, 2.05) is 0 Å². The lowest BCUT2D eigenvalue weighted by molar-refractivity contribution is -0.148. The lowest BCUT2D eigenvalue weighted by atomic mass is 10.3. The number of alkyl halides is 4. The van der Waals surface area contributed by atoms with E-state index in [0.29, 0.717) is 13.0 Å². The molecule has 2 heterocycles. The number of aliphatic hydroxyl groups excluding tert-OH is 1. The number of aliphatic hydroxyl groups is 1. The molecule has 23 heavy (non-hydrogen) atoms. The molecule has 1 atom stereocenters. The second-order valence-electron chi connectivity index (χ2n) is 5.05. The molecule has 128 valence electrons. The first-order valence-electron chi connectivity index (χ1n) is 6.77. The first-order chi connectivity index (χ1) is 10.8. The number of nitrogens with one attached hydrogen (secondary N) is 1. The Bertz CT molecular complexity index is 559. The summed E-state index contributed by atoms with van der Waals surface area (Å²) in [6.45, 7) is -0.934. The van der Waals surface area contributed by atoms with Crippen LogP contribution in [0.4, 0.5) is 28.0 Å². The van der Waals surface area contributed by atoms with Gasteiger partial charge in [-0.2, -0.15) is 8.78 Å².